The maximum Gasteiger partial charge on any atom is 0.151 e. The van der Waals surface area contributed by atoms with Gasteiger partial charge in [0.1, 0.15) is 6.10 Å². The van der Waals surface area contributed by atoms with Crippen molar-refractivity contribution in [2.45, 2.75) is 11.7 Å². The third kappa shape index (κ3) is 1.61. The van der Waals surface area contributed by atoms with E-state index in [1.54, 1.807) is 0 Å². The van der Waals surface area contributed by atoms with Crippen molar-refractivity contribution in [1.82, 2.24) is 0 Å². The highest BCUT2D eigenvalue weighted by Gasteiger charge is 2.64. The second-order valence-electron chi connectivity index (χ2n) is 6.89. The van der Waals surface area contributed by atoms with Gasteiger partial charge in [-0.15, -0.1) is 0 Å². The minimum absolute atomic E-state index is 0.0726. The Morgan fingerprint density at radius 3 is 1.96 bits per heavy atom. The summed E-state index contributed by atoms with van der Waals surface area (Å²) in [6.45, 7) is 0. The molecule has 0 bridgehead atoms. The Bertz CT molecular complexity index is 1090. The third-order valence-electron chi connectivity index (χ3n) is 5.67. The van der Waals surface area contributed by atoms with Crippen LogP contribution in [0.5, 0.6) is 0 Å². The van der Waals surface area contributed by atoms with E-state index in [1.807, 2.05) is 0 Å². The number of ether oxygens (including phenoxy) is 1. The van der Waals surface area contributed by atoms with E-state index in [0.29, 0.717) is 0 Å². The molecule has 0 aromatic heterocycles. The fourth-order valence-corrected chi connectivity index (χ4v) is 4.55. The Morgan fingerprint density at radius 1 is 0.600 bits per heavy atom. The second-order valence-corrected chi connectivity index (χ2v) is 6.89. The molecule has 1 saturated heterocycles. The summed E-state index contributed by atoms with van der Waals surface area (Å²) in [6, 6.07) is 32.4. The average molecular weight is 320 g/mol. The molecule has 1 heteroatoms. The molecule has 6 rings (SSSR count). The van der Waals surface area contributed by atoms with Gasteiger partial charge >= 0.3 is 0 Å². The highest BCUT2D eigenvalue weighted by molar-refractivity contribution is 5.88. The van der Waals surface area contributed by atoms with E-state index in [4.69, 9.17) is 4.74 Å². The minimum atomic E-state index is -0.322. The highest BCUT2D eigenvalue weighted by Crippen LogP contribution is 2.68. The first-order chi connectivity index (χ1) is 12.4. The molecule has 1 heterocycles. The fourth-order valence-electron chi connectivity index (χ4n) is 4.55. The predicted molar refractivity (Wildman–Crippen MR) is 100 cm³/mol. The first-order valence-corrected chi connectivity index (χ1v) is 8.74. The molecule has 1 nitrogen and oxygen atoms in total. The number of hydrogen-bond acceptors (Lipinski definition) is 1. The van der Waals surface area contributed by atoms with E-state index in [1.165, 1.54) is 38.6 Å². The molecule has 0 radical (unpaired) electrons. The van der Waals surface area contributed by atoms with Crippen molar-refractivity contribution in [3.63, 3.8) is 0 Å². The van der Waals surface area contributed by atoms with Gasteiger partial charge in [-0.05, 0) is 38.6 Å². The van der Waals surface area contributed by atoms with E-state index < -0.39 is 0 Å². The third-order valence-corrected chi connectivity index (χ3v) is 5.67. The molecule has 0 saturated carbocycles. The van der Waals surface area contributed by atoms with Gasteiger partial charge < -0.3 is 4.74 Å². The minimum Gasteiger partial charge on any atom is -0.351 e. The Morgan fingerprint density at radius 2 is 1.20 bits per heavy atom. The smallest absolute Gasteiger partial charge is 0.151 e. The van der Waals surface area contributed by atoms with Crippen molar-refractivity contribution in [3.8, 4) is 11.1 Å². The Kier molecular flexibility index (Phi) is 2.46. The molecule has 2 aliphatic rings. The van der Waals surface area contributed by atoms with Crippen LogP contribution in [0, 0.1) is 0 Å². The van der Waals surface area contributed by atoms with Crippen molar-refractivity contribution in [2.75, 3.05) is 0 Å². The number of benzene rings is 4. The number of hydrogen-bond donors (Lipinski definition) is 0. The molecule has 1 aliphatic heterocycles. The summed E-state index contributed by atoms with van der Waals surface area (Å²) in [5.41, 5.74) is 6.17. The maximum absolute atomic E-state index is 6.51. The zero-order valence-electron chi connectivity index (χ0n) is 13.6. The number of rotatable bonds is 1. The van der Waals surface area contributed by atoms with Crippen LogP contribution in [0.4, 0.5) is 0 Å². The second kappa shape index (κ2) is 4.59. The molecule has 4 aromatic rings. The predicted octanol–water partition coefficient (Wildman–Crippen LogP) is 5.84. The maximum atomic E-state index is 6.51. The van der Waals surface area contributed by atoms with E-state index in [9.17, 15) is 0 Å². The van der Waals surface area contributed by atoms with Crippen LogP contribution in [0.1, 0.15) is 22.8 Å². The first kappa shape index (κ1) is 13.4. The van der Waals surface area contributed by atoms with Crippen molar-refractivity contribution in [2.24, 2.45) is 0 Å². The molecule has 1 atom stereocenters. The Labute approximate surface area is 146 Å². The van der Waals surface area contributed by atoms with Gasteiger partial charge in [0.15, 0.2) is 5.60 Å². The first-order valence-electron chi connectivity index (χ1n) is 8.74. The van der Waals surface area contributed by atoms with Crippen LogP contribution >= 0.6 is 0 Å². The number of fused-ring (bicyclic) bond motifs is 6. The van der Waals surface area contributed by atoms with Crippen molar-refractivity contribution < 1.29 is 4.74 Å². The zero-order chi connectivity index (χ0) is 16.4. The van der Waals surface area contributed by atoms with Gasteiger partial charge in [0.25, 0.3) is 0 Å². The Balaban J connectivity index is 1.61. The molecular formula is C24H16O. The Hall–Kier alpha value is -2.90. The largest absolute Gasteiger partial charge is 0.351 e. The average Bonchev–Trinajstić information content (AvgIpc) is 3.37. The van der Waals surface area contributed by atoms with E-state index in [-0.39, 0.29) is 11.7 Å². The molecule has 0 amide bonds. The summed E-state index contributed by atoms with van der Waals surface area (Å²) in [4.78, 5) is 0. The van der Waals surface area contributed by atoms with Crippen LogP contribution in [0.3, 0.4) is 0 Å². The highest BCUT2D eigenvalue weighted by atomic mass is 16.6. The lowest BCUT2D eigenvalue weighted by molar-refractivity contribution is 0.333. The molecule has 25 heavy (non-hydrogen) atoms. The van der Waals surface area contributed by atoms with Gasteiger partial charge in [-0.25, -0.2) is 0 Å². The van der Waals surface area contributed by atoms with Crippen LogP contribution in [-0.4, -0.2) is 0 Å². The molecular weight excluding hydrogens is 304 g/mol. The quantitative estimate of drug-likeness (QED) is 0.402. The molecule has 0 unspecified atom stereocenters. The van der Waals surface area contributed by atoms with Crippen molar-refractivity contribution in [3.05, 3.63) is 108 Å². The van der Waals surface area contributed by atoms with Gasteiger partial charge in [-0.2, -0.15) is 0 Å². The van der Waals surface area contributed by atoms with Crippen LogP contribution in [0.2, 0.25) is 0 Å². The van der Waals surface area contributed by atoms with Crippen LogP contribution in [0.25, 0.3) is 21.9 Å². The summed E-state index contributed by atoms with van der Waals surface area (Å²) in [5.74, 6) is 0. The molecule has 0 N–H and O–H groups in total. The van der Waals surface area contributed by atoms with Crippen LogP contribution < -0.4 is 0 Å². The standard InChI is InChI=1S/C24H16O/c1-2-10-17-16(8-1)9-7-13-20(17)23-24(25-23)21-14-5-3-11-18(21)19-12-4-6-15-22(19)24/h1-15,23H/t23-/m0/s1. The zero-order valence-corrected chi connectivity index (χ0v) is 13.6. The SMILES string of the molecule is c1ccc2c(c1)-c1ccccc1C21O[C@H]1c1cccc2ccccc12. The lowest BCUT2D eigenvalue weighted by Crippen LogP contribution is -2.08. The lowest BCUT2D eigenvalue weighted by Gasteiger charge is -2.10. The van der Waals surface area contributed by atoms with Gasteiger partial charge in [0.2, 0.25) is 0 Å². The van der Waals surface area contributed by atoms with Crippen LogP contribution in [0.15, 0.2) is 91.0 Å². The summed E-state index contributed by atoms with van der Waals surface area (Å²) in [7, 11) is 0. The van der Waals surface area contributed by atoms with E-state index >= 15 is 0 Å². The molecule has 118 valence electrons. The van der Waals surface area contributed by atoms with Gasteiger partial charge in [0, 0.05) is 0 Å². The summed E-state index contributed by atoms with van der Waals surface area (Å²) < 4.78 is 6.51. The van der Waals surface area contributed by atoms with Gasteiger partial charge in [0.05, 0.1) is 0 Å². The monoisotopic (exact) mass is 320 g/mol. The summed E-state index contributed by atoms with van der Waals surface area (Å²) in [6.07, 6.45) is 0.0726. The number of epoxide rings is 1. The molecule has 1 aliphatic carbocycles. The van der Waals surface area contributed by atoms with Crippen molar-refractivity contribution >= 4 is 10.8 Å². The van der Waals surface area contributed by atoms with E-state index in [2.05, 4.69) is 91.0 Å². The van der Waals surface area contributed by atoms with E-state index in [0.717, 1.165) is 0 Å². The molecule has 1 fully saturated rings. The van der Waals surface area contributed by atoms with Crippen LogP contribution in [-0.2, 0) is 10.3 Å². The lowest BCUT2D eigenvalue weighted by atomic mass is 9.88. The van der Waals surface area contributed by atoms with Gasteiger partial charge in [-0.3, -0.25) is 0 Å². The topological polar surface area (TPSA) is 12.5 Å². The van der Waals surface area contributed by atoms with Gasteiger partial charge in [-0.1, -0.05) is 91.0 Å². The molecule has 4 aromatic carbocycles. The summed E-state index contributed by atoms with van der Waals surface area (Å²) in [5, 5.41) is 2.55. The summed E-state index contributed by atoms with van der Waals surface area (Å²) >= 11 is 0. The fraction of sp³-hybridized carbons (Fsp3) is 0.0833. The molecule has 1 spiro atoms. The normalized spacial score (nSPS) is 19.0. The van der Waals surface area contributed by atoms with Crippen molar-refractivity contribution in [1.29, 1.82) is 0 Å².